The summed E-state index contributed by atoms with van der Waals surface area (Å²) in [7, 11) is -3.67. The molecule has 1 amide bonds. The van der Waals surface area contributed by atoms with E-state index >= 15 is 0 Å². The Labute approximate surface area is 178 Å². The lowest BCUT2D eigenvalue weighted by Gasteiger charge is -2.26. The van der Waals surface area contributed by atoms with Gasteiger partial charge in [0.05, 0.1) is 24.7 Å². The number of amides is 1. The number of rotatable bonds is 7. The van der Waals surface area contributed by atoms with Gasteiger partial charge in [-0.05, 0) is 61.7 Å². The molecule has 162 valence electrons. The number of carbonyl (C=O) groups is 1. The van der Waals surface area contributed by atoms with Gasteiger partial charge in [0.1, 0.15) is 12.4 Å². The number of nitrogens with one attached hydrogen (secondary N) is 1. The average molecular weight is 433 g/mol. The quantitative estimate of drug-likeness (QED) is 0.680. The number of nitrogens with zero attached hydrogens (tertiary/aromatic N) is 1. The Morgan fingerprint density at radius 2 is 1.73 bits per heavy atom. The maximum Gasteiger partial charge on any atom is 0.251 e. The summed E-state index contributed by atoms with van der Waals surface area (Å²) in [5, 5.41) is 2.78. The second kappa shape index (κ2) is 9.59. The van der Waals surface area contributed by atoms with Crippen LogP contribution in [-0.2, 0) is 14.8 Å². The smallest absolute Gasteiger partial charge is 0.251 e. The van der Waals surface area contributed by atoms with Crippen LogP contribution >= 0.6 is 0 Å². The monoisotopic (exact) mass is 432 g/mol. The summed E-state index contributed by atoms with van der Waals surface area (Å²) in [4.78, 5) is 12.7. The lowest BCUT2D eigenvalue weighted by atomic mass is 10.1. The van der Waals surface area contributed by atoms with Crippen molar-refractivity contribution in [1.82, 2.24) is 9.62 Å². The number of hydrogen-bond donors (Lipinski definition) is 1. The van der Waals surface area contributed by atoms with Crippen LogP contribution in [0.2, 0.25) is 0 Å². The van der Waals surface area contributed by atoms with Gasteiger partial charge in [-0.25, -0.2) is 8.42 Å². The van der Waals surface area contributed by atoms with E-state index < -0.39 is 10.0 Å². The molecule has 0 atom stereocenters. The first kappa shape index (κ1) is 22.3. The van der Waals surface area contributed by atoms with Gasteiger partial charge in [0.2, 0.25) is 10.0 Å². The molecule has 1 N–H and O–H groups in total. The number of benzene rings is 2. The molecule has 7 nitrogen and oxygen atoms in total. The summed E-state index contributed by atoms with van der Waals surface area (Å²) >= 11 is 0. The van der Waals surface area contributed by atoms with Crippen molar-refractivity contribution >= 4 is 15.9 Å². The maximum absolute atomic E-state index is 13.0. The highest BCUT2D eigenvalue weighted by Gasteiger charge is 2.28. The fraction of sp³-hybridized carbons (Fsp3) is 0.409. The molecule has 30 heavy (non-hydrogen) atoms. The zero-order valence-corrected chi connectivity index (χ0v) is 18.4. The number of carbonyl (C=O) groups excluding carboxylic acids is 1. The average Bonchev–Trinajstić information content (AvgIpc) is 2.71. The topological polar surface area (TPSA) is 84.9 Å². The van der Waals surface area contributed by atoms with E-state index in [1.807, 2.05) is 26.0 Å². The molecule has 0 radical (unpaired) electrons. The first-order valence-corrected chi connectivity index (χ1v) is 11.4. The van der Waals surface area contributed by atoms with Gasteiger partial charge in [-0.15, -0.1) is 0 Å². The van der Waals surface area contributed by atoms with Crippen LogP contribution in [0.4, 0.5) is 0 Å². The van der Waals surface area contributed by atoms with Crippen molar-refractivity contribution in [2.75, 3.05) is 39.5 Å². The van der Waals surface area contributed by atoms with Crippen LogP contribution in [0.3, 0.4) is 0 Å². The summed E-state index contributed by atoms with van der Waals surface area (Å²) in [5.74, 6) is 0.424. The van der Waals surface area contributed by atoms with Crippen LogP contribution in [0.5, 0.6) is 5.75 Å². The number of aryl methyl sites for hydroxylation is 3. The van der Waals surface area contributed by atoms with Crippen LogP contribution in [0.1, 0.15) is 27.0 Å². The highest BCUT2D eigenvalue weighted by molar-refractivity contribution is 7.89. The number of morpholine rings is 1. The van der Waals surface area contributed by atoms with Crippen LogP contribution in [0.15, 0.2) is 41.3 Å². The Hall–Kier alpha value is -2.42. The lowest BCUT2D eigenvalue weighted by Crippen LogP contribution is -2.41. The molecule has 1 fully saturated rings. The van der Waals surface area contributed by atoms with Gasteiger partial charge in [-0.1, -0.05) is 12.1 Å². The zero-order chi connectivity index (χ0) is 21.7. The molecular weight excluding hydrogens is 404 g/mol. The third-order valence-corrected chi connectivity index (χ3v) is 6.93. The first-order valence-electron chi connectivity index (χ1n) is 9.95. The summed E-state index contributed by atoms with van der Waals surface area (Å²) in [6, 6.07) is 10.7. The van der Waals surface area contributed by atoms with Gasteiger partial charge >= 0.3 is 0 Å². The third-order valence-electron chi connectivity index (χ3n) is 4.89. The second-order valence-corrected chi connectivity index (χ2v) is 9.33. The minimum atomic E-state index is -3.67. The molecule has 2 aromatic rings. The SMILES string of the molecule is Cc1cc(C)cc(OCCNC(=O)c2ccc(C)c(S(=O)(=O)N3CCOCC3)c2)c1. The Morgan fingerprint density at radius 1 is 1.07 bits per heavy atom. The van der Waals surface area contributed by atoms with Gasteiger partial charge in [0.25, 0.3) is 5.91 Å². The maximum atomic E-state index is 13.0. The van der Waals surface area contributed by atoms with Crippen molar-refractivity contribution in [3.05, 3.63) is 58.7 Å². The normalized spacial score (nSPS) is 15.0. The summed E-state index contributed by atoms with van der Waals surface area (Å²) < 4.78 is 38.3. The van der Waals surface area contributed by atoms with Crippen LogP contribution in [0.25, 0.3) is 0 Å². The van der Waals surface area contributed by atoms with Crippen molar-refractivity contribution in [2.24, 2.45) is 0 Å². The van der Waals surface area contributed by atoms with E-state index in [-0.39, 0.29) is 10.8 Å². The van der Waals surface area contributed by atoms with E-state index in [0.29, 0.717) is 50.6 Å². The third kappa shape index (κ3) is 5.38. The Balaban J connectivity index is 1.63. The Morgan fingerprint density at radius 3 is 2.40 bits per heavy atom. The first-order chi connectivity index (χ1) is 14.3. The highest BCUT2D eigenvalue weighted by Crippen LogP contribution is 2.22. The van der Waals surface area contributed by atoms with Crippen molar-refractivity contribution < 1.29 is 22.7 Å². The van der Waals surface area contributed by atoms with Gasteiger partial charge in [0, 0.05) is 18.7 Å². The summed E-state index contributed by atoms with van der Waals surface area (Å²) in [5.41, 5.74) is 3.14. The molecule has 1 aliphatic rings. The molecule has 0 spiro atoms. The summed E-state index contributed by atoms with van der Waals surface area (Å²) in [6.45, 7) is 7.74. The Kier molecular flexibility index (Phi) is 7.12. The number of ether oxygens (including phenoxy) is 2. The second-order valence-electron chi connectivity index (χ2n) is 7.42. The van der Waals surface area contributed by atoms with Crippen molar-refractivity contribution in [3.8, 4) is 5.75 Å². The number of sulfonamides is 1. The van der Waals surface area contributed by atoms with E-state index in [1.165, 1.54) is 10.4 Å². The van der Waals surface area contributed by atoms with Crippen molar-refractivity contribution in [3.63, 3.8) is 0 Å². The van der Waals surface area contributed by atoms with E-state index in [9.17, 15) is 13.2 Å². The molecule has 8 heteroatoms. The van der Waals surface area contributed by atoms with E-state index in [4.69, 9.17) is 9.47 Å². The van der Waals surface area contributed by atoms with Gasteiger partial charge in [0.15, 0.2) is 0 Å². The molecule has 2 aromatic carbocycles. The van der Waals surface area contributed by atoms with E-state index in [2.05, 4.69) is 11.4 Å². The molecule has 1 saturated heterocycles. The largest absolute Gasteiger partial charge is 0.492 e. The molecule has 1 heterocycles. The fourth-order valence-electron chi connectivity index (χ4n) is 3.40. The van der Waals surface area contributed by atoms with Gasteiger partial charge < -0.3 is 14.8 Å². The molecule has 0 unspecified atom stereocenters. The van der Waals surface area contributed by atoms with Crippen molar-refractivity contribution in [1.29, 1.82) is 0 Å². The standard InChI is InChI=1S/C22H28N2O5S/c1-16-12-17(2)14-20(13-16)29-9-6-23-22(25)19-5-4-18(3)21(15-19)30(26,27)24-7-10-28-11-8-24/h4-5,12-15H,6-11H2,1-3H3,(H,23,25). The number of hydrogen-bond acceptors (Lipinski definition) is 5. The Bertz CT molecular complexity index is 994. The van der Waals surface area contributed by atoms with Crippen LogP contribution < -0.4 is 10.1 Å². The predicted molar refractivity (Wildman–Crippen MR) is 115 cm³/mol. The van der Waals surface area contributed by atoms with E-state index in [0.717, 1.165) is 16.9 Å². The molecule has 0 aliphatic carbocycles. The molecular formula is C22H28N2O5S. The minimum absolute atomic E-state index is 0.156. The van der Waals surface area contributed by atoms with Crippen molar-refractivity contribution in [2.45, 2.75) is 25.7 Å². The summed E-state index contributed by atoms with van der Waals surface area (Å²) in [6.07, 6.45) is 0. The van der Waals surface area contributed by atoms with E-state index in [1.54, 1.807) is 19.1 Å². The van der Waals surface area contributed by atoms with Gasteiger partial charge in [-0.2, -0.15) is 4.31 Å². The minimum Gasteiger partial charge on any atom is -0.492 e. The fourth-order valence-corrected chi connectivity index (χ4v) is 5.06. The predicted octanol–water partition coefficient (Wildman–Crippen LogP) is 2.44. The van der Waals surface area contributed by atoms with Crippen LogP contribution in [-0.4, -0.2) is 58.1 Å². The van der Waals surface area contributed by atoms with Gasteiger partial charge in [-0.3, -0.25) is 4.79 Å². The molecule has 0 bridgehead atoms. The van der Waals surface area contributed by atoms with Crippen LogP contribution in [0, 0.1) is 20.8 Å². The molecule has 1 aliphatic heterocycles. The zero-order valence-electron chi connectivity index (χ0n) is 17.6. The molecule has 3 rings (SSSR count). The molecule has 0 saturated carbocycles. The lowest BCUT2D eigenvalue weighted by molar-refractivity contribution is 0.0730. The highest BCUT2D eigenvalue weighted by atomic mass is 32.2. The molecule has 0 aromatic heterocycles.